The van der Waals surface area contributed by atoms with E-state index in [2.05, 4.69) is 15.6 Å². The Bertz CT molecular complexity index is 714. The maximum absolute atomic E-state index is 12.9. The molecule has 1 amide bonds. The van der Waals surface area contributed by atoms with Crippen LogP contribution in [0.2, 0.25) is 0 Å². The number of amides is 1. The van der Waals surface area contributed by atoms with E-state index in [-0.39, 0.29) is 11.3 Å². The van der Waals surface area contributed by atoms with Crippen molar-refractivity contribution >= 4 is 22.6 Å². The highest BCUT2D eigenvalue weighted by atomic mass is 16.2. The van der Waals surface area contributed by atoms with E-state index in [4.69, 9.17) is 0 Å². The van der Waals surface area contributed by atoms with Gasteiger partial charge in [0.05, 0.1) is 10.9 Å². The third kappa shape index (κ3) is 2.18. The van der Waals surface area contributed by atoms with Crippen LogP contribution in [0.5, 0.6) is 0 Å². The molecule has 4 rings (SSSR count). The monoisotopic (exact) mass is 295 g/mol. The van der Waals surface area contributed by atoms with Crippen LogP contribution in [0.15, 0.2) is 36.4 Å². The maximum Gasteiger partial charge on any atom is 0.233 e. The van der Waals surface area contributed by atoms with Crippen molar-refractivity contribution in [3.8, 4) is 0 Å². The van der Waals surface area contributed by atoms with Crippen molar-refractivity contribution in [1.82, 2.24) is 10.3 Å². The number of fused-ring (bicyclic) bond motifs is 2. The second kappa shape index (κ2) is 5.36. The van der Waals surface area contributed by atoms with Crippen molar-refractivity contribution in [1.29, 1.82) is 0 Å². The summed E-state index contributed by atoms with van der Waals surface area (Å²) in [5.41, 5.74) is 0.688. The van der Waals surface area contributed by atoms with Gasteiger partial charge in [-0.25, -0.2) is 4.98 Å². The summed E-state index contributed by atoms with van der Waals surface area (Å²) in [6.07, 6.45) is 4.54. The Balaban J connectivity index is 1.60. The predicted octanol–water partition coefficient (Wildman–Crippen LogP) is 2.95. The van der Waals surface area contributed by atoms with Gasteiger partial charge in [-0.05, 0) is 43.5 Å². The third-order valence-electron chi connectivity index (χ3n) is 5.33. The number of carbonyl (C=O) groups excluding carboxylic acids is 1. The van der Waals surface area contributed by atoms with Gasteiger partial charge in [0, 0.05) is 11.9 Å². The molecule has 0 spiro atoms. The van der Waals surface area contributed by atoms with Gasteiger partial charge in [-0.15, -0.1) is 0 Å². The van der Waals surface area contributed by atoms with E-state index < -0.39 is 0 Å². The zero-order valence-corrected chi connectivity index (χ0v) is 12.6. The number of pyridine rings is 1. The van der Waals surface area contributed by atoms with Crippen LogP contribution in [0.25, 0.3) is 10.9 Å². The Morgan fingerprint density at radius 3 is 3.09 bits per heavy atom. The molecular weight excluding hydrogens is 274 g/mol. The fourth-order valence-electron chi connectivity index (χ4n) is 4.07. The van der Waals surface area contributed by atoms with Crippen LogP contribution in [0.4, 0.5) is 5.82 Å². The SMILES string of the molecule is O=C(Nc1ccc2ccccc2n1)[C@@]12CCCC[C@H]1CNC2. The highest BCUT2D eigenvalue weighted by Gasteiger charge is 2.49. The molecule has 0 unspecified atom stereocenters. The van der Waals surface area contributed by atoms with Crippen molar-refractivity contribution in [2.45, 2.75) is 25.7 Å². The van der Waals surface area contributed by atoms with Crippen LogP contribution in [0.1, 0.15) is 25.7 Å². The van der Waals surface area contributed by atoms with Gasteiger partial charge in [-0.1, -0.05) is 31.0 Å². The molecule has 1 aromatic heterocycles. The number of rotatable bonds is 2. The summed E-state index contributed by atoms with van der Waals surface area (Å²) in [6.45, 7) is 1.77. The highest BCUT2D eigenvalue weighted by molar-refractivity contribution is 5.96. The molecule has 0 bridgehead atoms. The molecule has 2 heterocycles. The molecule has 2 atom stereocenters. The minimum atomic E-state index is -0.231. The summed E-state index contributed by atoms with van der Waals surface area (Å²) < 4.78 is 0. The minimum absolute atomic E-state index is 0.144. The van der Waals surface area contributed by atoms with Gasteiger partial charge in [0.2, 0.25) is 5.91 Å². The first-order valence-corrected chi connectivity index (χ1v) is 8.16. The smallest absolute Gasteiger partial charge is 0.233 e. The fourth-order valence-corrected chi connectivity index (χ4v) is 4.07. The molecule has 2 aromatic rings. The second-order valence-electron chi connectivity index (χ2n) is 6.57. The molecule has 2 N–H and O–H groups in total. The highest BCUT2D eigenvalue weighted by Crippen LogP contribution is 2.44. The number of hydrogen-bond acceptors (Lipinski definition) is 3. The Labute approximate surface area is 130 Å². The van der Waals surface area contributed by atoms with E-state index in [1.54, 1.807) is 0 Å². The lowest BCUT2D eigenvalue weighted by atomic mass is 9.67. The molecule has 1 saturated heterocycles. The number of aromatic nitrogens is 1. The lowest BCUT2D eigenvalue weighted by molar-refractivity contribution is -0.128. The minimum Gasteiger partial charge on any atom is -0.315 e. The van der Waals surface area contributed by atoms with Gasteiger partial charge >= 0.3 is 0 Å². The molecule has 22 heavy (non-hydrogen) atoms. The molecule has 1 saturated carbocycles. The van der Waals surface area contributed by atoms with Crippen molar-refractivity contribution in [3.05, 3.63) is 36.4 Å². The van der Waals surface area contributed by atoms with E-state index in [0.717, 1.165) is 43.3 Å². The van der Waals surface area contributed by atoms with Gasteiger partial charge in [0.15, 0.2) is 0 Å². The molecule has 4 heteroatoms. The first-order valence-electron chi connectivity index (χ1n) is 8.16. The molecule has 1 aromatic carbocycles. The van der Waals surface area contributed by atoms with E-state index in [0.29, 0.717) is 11.7 Å². The fraction of sp³-hybridized carbons (Fsp3) is 0.444. The van der Waals surface area contributed by atoms with Crippen molar-refractivity contribution in [2.75, 3.05) is 18.4 Å². The van der Waals surface area contributed by atoms with E-state index in [9.17, 15) is 4.79 Å². The summed E-state index contributed by atoms with van der Waals surface area (Å²) >= 11 is 0. The van der Waals surface area contributed by atoms with E-state index in [1.807, 2.05) is 36.4 Å². The normalized spacial score (nSPS) is 27.5. The standard InChI is InChI=1S/C18H21N3O/c22-17(18-10-4-3-6-14(18)11-19-12-18)21-16-9-8-13-5-1-2-7-15(13)20-16/h1-2,5,7-9,14,19H,3-4,6,10-12H2,(H,20,21,22)/t14-,18+/m0/s1. The molecule has 0 radical (unpaired) electrons. The van der Waals surface area contributed by atoms with E-state index in [1.165, 1.54) is 6.42 Å². The molecule has 1 aliphatic heterocycles. The van der Waals surface area contributed by atoms with Crippen LogP contribution in [-0.4, -0.2) is 24.0 Å². The topological polar surface area (TPSA) is 54.0 Å². The average Bonchev–Trinajstić information content (AvgIpc) is 3.00. The Morgan fingerprint density at radius 2 is 2.14 bits per heavy atom. The number of benzene rings is 1. The predicted molar refractivity (Wildman–Crippen MR) is 87.6 cm³/mol. The zero-order valence-electron chi connectivity index (χ0n) is 12.6. The second-order valence-corrected chi connectivity index (χ2v) is 6.57. The summed E-state index contributed by atoms with van der Waals surface area (Å²) in [5.74, 6) is 1.28. The van der Waals surface area contributed by atoms with Crippen LogP contribution in [0.3, 0.4) is 0 Å². The Hall–Kier alpha value is -1.94. The number of para-hydroxylation sites is 1. The van der Waals surface area contributed by atoms with Gasteiger partial charge in [0.1, 0.15) is 5.82 Å². The summed E-state index contributed by atoms with van der Waals surface area (Å²) in [7, 11) is 0. The third-order valence-corrected chi connectivity index (χ3v) is 5.33. The molecular formula is C18H21N3O. The molecule has 1 aliphatic carbocycles. The lowest BCUT2D eigenvalue weighted by Gasteiger charge is -2.36. The van der Waals surface area contributed by atoms with Crippen LogP contribution in [0, 0.1) is 11.3 Å². The Kier molecular flexibility index (Phi) is 3.34. The summed E-state index contributed by atoms with van der Waals surface area (Å²) in [5, 5.41) is 7.59. The summed E-state index contributed by atoms with van der Waals surface area (Å²) in [6, 6.07) is 11.9. The average molecular weight is 295 g/mol. The number of anilines is 1. The van der Waals surface area contributed by atoms with E-state index >= 15 is 0 Å². The van der Waals surface area contributed by atoms with Crippen LogP contribution < -0.4 is 10.6 Å². The van der Waals surface area contributed by atoms with Gasteiger partial charge in [0.25, 0.3) is 0 Å². The number of hydrogen-bond donors (Lipinski definition) is 2. The largest absolute Gasteiger partial charge is 0.315 e. The van der Waals surface area contributed by atoms with Crippen LogP contribution >= 0.6 is 0 Å². The van der Waals surface area contributed by atoms with Crippen molar-refractivity contribution < 1.29 is 4.79 Å². The van der Waals surface area contributed by atoms with Crippen molar-refractivity contribution in [3.63, 3.8) is 0 Å². The summed E-state index contributed by atoms with van der Waals surface area (Å²) in [4.78, 5) is 17.5. The lowest BCUT2D eigenvalue weighted by Crippen LogP contribution is -2.44. The van der Waals surface area contributed by atoms with Crippen LogP contribution in [-0.2, 0) is 4.79 Å². The number of carbonyl (C=O) groups is 1. The first-order chi connectivity index (χ1) is 10.8. The van der Waals surface area contributed by atoms with Gasteiger partial charge in [-0.3, -0.25) is 4.79 Å². The molecule has 4 nitrogen and oxygen atoms in total. The zero-order chi connectivity index (χ0) is 15.0. The Morgan fingerprint density at radius 1 is 1.23 bits per heavy atom. The van der Waals surface area contributed by atoms with Gasteiger partial charge in [-0.2, -0.15) is 0 Å². The maximum atomic E-state index is 12.9. The number of nitrogens with one attached hydrogen (secondary N) is 2. The van der Waals surface area contributed by atoms with Gasteiger partial charge < -0.3 is 10.6 Å². The first kappa shape index (κ1) is 13.7. The number of nitrogens with zero attached hydrogens (tertiary/aromatic N) is 1. The van der Waals surface area contributed by atoms with Crippen molar-refractivity contribution in [2.24, 2.45) is 11.3 Å². The quantitative estimate of drug-likeness (QED) is 0.895. The molecule has 114 valence electrons. The molecule has 2 fully saturated rings. The molecule has 2 aliphatic rings.